The smallest absolute Gasteiger partial charge is 0.305 e. The quantitative estimate of drug-likeness (QED) is 0.446. The number of hydrogen-bond acceptors (Lipinski definition) is 4. The zero-order valence-electron chi connectivity index (χ0n) is 5.86. The van der Waals surface area contributed by atoms with E-state index in [1.54, 1.807) is 6.92 Å². The van der Waals surface area contributed by atoms with Gasteiger partial charge in [-0.2, -0.15) is 0 Å². The molecule has 1 fully saturated rings. The maximum atomic E-state index is 9.15. The van der Waals surface area contributed by atoms with E-state index >= 15 is 0 Å². The van der Waals surface area contributed by atoms with Gasteiger partial charge in [0.25, 0.3) is 0 Å². The summed E-state index contributed by atoms with van der Waals surface area (Å²) in [5.41, 5.74) is 0. The predicted octanol–water partition coefficient (Wildman–Crippen LogP) is -1.86. The Bertz CT molecular complexity index is 108. The van der Waals surface area contributed by atoms with Crippen LogP contribution >= 0.6 is 0 Å². The molecule has 1 aliphatic rings. The van der Waals surface area contributed by atoms with E-state index in [-0.39, 0.29) is 0 Å². The lowest BCUT2D eigenvalue weighted by Crippen LogP contribution is -2.46. The van der Waals surface area contributed by atoms with Gasteiger partial charge in [0.05, 0.1) is 12.7 Å². The van der Waals surface area contributed by atoms with Crippen LogP contribution in [0.4, 0.5) is 0 Å². The minimum Gasteiger partial charge on any atom is -0.396 e. The monoisotopic (exact) mass is 164 g/mol. The first-order valence-electron chi connectivity index (χ1n) is 3.27. The van der Waals surface area contributed by atoms with Crippen molar-refractivity contribution >= 4 is 10.0 Å². The first-order chi connectivity index (χ1) is 4.72. The summed E-state index contributed by atoms with van der Waals surface area (Å²) < 4.78 is 9.99. The fourth-order valence-corrected chi connectivity index (χ4v) is 2.05. The van der Waals surface area contributed by atoms with Crippen molar-refractivity contribution in [3.8, 4) is 0 Å². The molecule has 0 aliphatic carbocycles. The summed E-state index contributed by atoms with van der Waals surface area (Å²) in [6, 6.07) is 0. The first kappa shape index (κ1) is 8.16. The highest BCUT2D eigenvalue weighted by Gasteiger charge is 2.27. The van der Waals surface area contributed by atoms with Crippen LogP contribution in [0.15, 0.2) is 0 Å². The SMILES string of the molecule is C[C@H](O)C1O[SiH2]OCC1O. The lowest BCUT2D eigenvalue weighted by molar-refractivity contribution is -0.0874. The molecule has 60 valence electrons. The third-order valence-electron chi connectivity index (χ3n) is 1.49. The highest BCUT2D eigenvalue weighted by atomic mass is 28.3. The van der Waals surface area contributed by atoms with Crippen molar-refractivity contribution < 1.29 is 19.1 Å². The van der Waals surface area contributed by atoms with Crippen LogP contribution in [-0.4, -0.2) is 45.1 Å². The molecule has 0 spiro atoms. The van der Waals surface area contributed by atoms with Crippen LogP contribution in [0.25, 0.3) is 0 Å². The van der Waals surface area contributed by atoms with E-state index in [1.807, 2.05) is 0 Å². The van der Waals surface area contributed by atoms with E-state index < -0.39 is 28.3 Å². The van der Waals surface area contributed by atoms with E-state index in [0.717, 1.165) is 0 Å². The Kier molecular flexibility index (Phi) is 2.81. The van der Waals surface area contributed by atoms with Crippen LogP contribution in [0.2, 0.25) is 0 Å². The van der Waals surface area contributed by atoms with Crippen LogP contribution in [0, 0.1) is 0 Å². The molecule has 3 atom stereocenters. The van der Waals surface area contributed by atoms with Gasteiger partial charge < -0.3 is 19.1 Å². The van der Waals surface area contributed by atoms with Gasteiger partial charge in [-0.05, 0) is 6.92 Å². The minimum absolute atomic E-state index is 0.307. The second kappa shape index (κ2) is 3.45. The average Bonchev–Trinajstić information content (AvgIpc) is 1.88. The lowest BCUT2D eigenvalue weighted by Gasteiger charge is -2.29. The minimum atomic E-state index is -0.934. The molecule has 2 N–H and O–H groups in total. The molecule has 10 heavy (non-hydrogen) atoms. The van der Waals surface area contributed by atoms with Gasteiger partial charge in [-0.25, -0.2) is 0 Å². The molecule has 5 heteroatoms. The fraction of sp³-hybridized carbons (Fsp3) is 1.00. The van der Waals surface area contributed by atoms with Crippen LogP contribution in [0.5, 0.6) is 0 Å². The van der Waals surface area contributed by atoms with Gasteiger partial charge in [-0.3, -0.25) is 0 Å². The Labute approximate surface area is 61.8 Å². The number of aliphatic hydroxyl groups is 2. The maximum absolute atomic E-state index is 9.15. The molecule has 0 saturated carbocycles. The van der Waals surface area contributed by atoms with Crippen molar-refractivity contribution in [1.29, 1.82) is 0 Å². The molecule has 1 saturated heterocycles. The summed E-state index contributed by atoms with van der Waals surface area (Å²) >= 11 is 0. The fourth-order valence-electron chi connectivity index (χ4n) is 0.962. The van der Waals surface area contributed by atoms with Gasteiger partial charge >= 0.3 is 10.0 Å². The highest BCUT2D eigenvalue weighted by molar-refractivity contribution is 6.18. The van der Waals surface area contributed by atoms with Gasteiger partial charge in [0.1, 0.15) is 12.2 Å². The summed E-state index contributed by atoms with van der Waals surface area (Å²) in [6.45, 7) is 1.91. The lowest BCUT2D eigenvalue weighted by atomic mass is 10.1. The normalized spacial score (nSPS) is 39.9. The summed E-state index contributed by atoms with van der Waals surface area (Å²) in [4.78, 5) is 0. The van der Waals surface area contributed by atoms with Crippen LogP contribution in [0.1, 0.15) is 6.92 Å². The molecule has 2 unspecified atom stereocenters. The van der Waals surface area contributed by atoms with Gasteiger partial charge in [0, 0.05) is 0 Å². The summed E-state index contributed by atoms with van der Waals surface area (Å²) in [7, 11) is -0.934. The van der Waals surface area contributed by atoms with Crippen molar-refractivity contribution in [2.45, 2.75) is 25.2 Å². The van der Waals surface area contributed by atoms with Crippen molar-refractivity contribution in [3.05, 3.63) is 0 Å². The molecule has 0 aromatic carbocycles. The number of hydrogen-bond donors (Lipinski definition) is 2. The van der Waals surface area contributed by atoms with Crippen LogP contribution in [-0.2, 0) is 8.85 Å². The molecule has 0 radical (unpaired) electrons. The molecular weight excluding hydrogens is 152 g/mol. The molecule has 0 amide bonds. The Hall–Kier alpha value is 0.0569. The van der Waals surface area contributed by atoms with E-state index in [9.17, 15) is 0 Å². The van der Waals surface area contributed by atoms with Gasteiger partial charge in [-0.1, -0.05) is 0 Å². The third kappa shape index (κ3) is 1.77. The van der Waals surface area contributed by atoms with Crippen molar-refractivity contribution in [3.63, 3.8) is 0 Å². The molecule has 4 nitrogen and oxygen atoms in total. The summed E-state index contributed by atoms with van der Waals surface area (Å²) in [5.74, 6) is 0. The van der Waals surface area contributed by atoms with Crippen LogP contribution in [0.3, 0.4) is 0 Å². The van der Waals surface area contributed by atoms with E-state index in [2.05, 4.69) is 0 Å². The van der Waals surface area contributed by atoms with Gasteiger partial charge in [0.2, 0.25) is 0 Å². The Morgan fingerprint density at radius 1 is 1.70 bits per heavy atom. The molecule has 1 rings (SSSR count). The Morgan fingerprint density at radius 2 is 2.40 bits per heavy atom. The first-order valence-corrected chi connectivity index (χ1v) is 4.43. The molecule has 0 aromatic heterocycles. The predicted molar refractivity (Wildman–Crippen MR) is 37.1 cm³/mol. The third-order valence-corrected chi connectivity index (χ3v) is 2.41. The summed E-state index contributed by atoms with van der Waals surface area (Å²) in [6.07, 6.45) is -1.70. The van der Waals surface area contributed by atoms with Crippen molar-refractivity contribution in [2.24, 2.45) is 0 Å². The zero-order valence-corrected chi connectivity index (χ0v) is 7.27. The van der Waals surface area contributed by atoms with E-state index in [0.29, 0.717) is 6.61 Å². The highest BCUT2D eigenvalue weighted by Crippen LogP contribution is 2.09. The zero-order chi connectivity index (χ0) is 7.56. The van der Waals surface area contributed by atoms with Crippen molar-refractivity contribution in [1.82, 2.24) is 0 Å². The standard InChI is InChI=1S/C5H12O4Si/c1-3(6)5-4(7)2-8-10-9-5/h3-7H,2,10H2,1H3/t3-,4?,5?/m0/s1. The average molecular weight is 164 g/mol. The molecule has 0 aromatic rings. The molecule has 1 aliphatic heterocycles. The van der Waals surface area contributed by atoms with Crippen molar-refractivity contribution in [2.75, 3.05) is 6.61 Å². The maximum Gasteiger partial charge on any atom is 0.305 e. The van der Waals surface area contributed by atoms with E-state index in [1.165, 1.54) is 0 Å². The molecular formula is C5H12O4Si. The van der Waals surface area contributed by atoms with Gasteiger partial charge in [-0.15, -0.1) is 0 Å². The second-order valence-electron chi connectivity index (χ2n) is 2.43. The summed E-state index contributed by atoms with van der Waals surface area (Å²) in [5, 5.41) is 18.2. The largest absolute Gasteiger partial charge is 0.396 e. The van der Waals surface area contributed by atoms with Crippen LogP contribution < -0.4 is 0 Å². The molecule has 1 heterocycles. The Morgan fingerprint density at radius 3 is 2.80 bits per heavy atom. The number of aliphatic hydroxyl groups excluding tert-OH is 2. The number of rotatable bonds is 1. The molecule has 0 bridgehead atoms. The topological polar surface area (TPSA) is 58.9 Å². The Balaban J connectivity index is 2.40. The van der Waals surface area contributed by atoms with Gasteiger partial charge in [0.15, 0.2) is 0 Å². The van der Waals surface area contributed by atoms with E-state index in [4.69, 9.17) is 19.1 Å². The second-order valence-corrected chi connectivity index (χ2v) is 3.41.